The van der Waals surface area contributed by atoms with E-state index in [2.05, 4.69) is 155 Å². The van der Waals surface area contributed by atoms with Crippen molar-refractivity contribution >= 4 is 47.1 Å². The highest BCUT2D eigenvalue weighted by Crippen LogP contribution is 2.61. The number of fused-ring (bicyclic) bond motifs is 10. The summed E-state index contributed by atoms with van der Waals surface area (Å²) in [5, 5.41) is 3.91. The third-order valence-corrected chi connectivity index (χ3v) is 14.8. The first-order valence-electron chi connectivity index (χ1n) is 18.7. The highest BCUT2D eigenvalue weighted by atomic mass is 28.3. The number of nitrogens with zero attached hydrogens (tertiary/aromatic N) is 3. The number of rotatable bonds is 4. The van der Waals surface area contributed by atoms with Crippen LogP contribution in [-0.4, -0.2) is 26.1 Å². The second-order valence-corrected chi connectivity index (χ2v) is 22.0. The Morgan fingerprint density at radius 1 is 0.880 bits per heavy atom. The van der Waals surface area contributed by atoms with Crippen LogP contribution in [0.5, 0.6) is 0 Å². The fraction of sp³-hybridized carbons (Fsp3) is 0.378. The minimum atomic E-state index is -1.42. The van der Waals surface area contributed by atoms with Crippen molar-refractivity contribution in [2.45, 2.75) is 97.6 Å². The Morgan fingerprint density at radius 2 is 1.60 bits per heavy atom. The molecule has 0 fully saturated rings. The Hall–Kier alpha value is -4.22. The molecule has 50 heavy (non-hydrogen) atoms. The smallest absolute Gasteiger partial charge is 0.137 e. The van der Waals surface area contributed by atoms with Crippen LogP contribution in [0, 0.1) is 5.92 Å². The van der Waals surface area contributed by atoms with Crippen LogP contribution in [0.1, 0.15) is 93.3 Å². The molecule has 3 aliphatic rings. The average Bonchev–Trinajstić information content (AvgIpc) is 3.62. The summed E-state index contributed by atoms with van der Waals surface area (Å²) >= 11 is 0. The summed E-state index contributed by atoms with van der Waals surface area (Å²) in [5.74, 6) is 1.15. The first kappa shape index (κ1) is 33.0. The van der Waals surface area contributed by atoms with Gasteiger partial charge in [0.1, 0.15) is 17.3 Å². The van der Waals surface area contributed by atoms with E-state index in [9.17, 15) is 0 Å². The van der Waals surface area contributed by atoms with Crippen LogP contribution in [0.15, 0.2) is 101 Å². The SMILES string of the molecule is C=C1CC(N(C)/C=C(\C)[Si](C)(C)C)C(C)CCc2cc3oc4ccccc4c3cc2C2N1c1cccc3c1N2c1c(C(C)C)cccc1C3C. The van der Waals surface area contributed by atoms with Crippen molar-refractivity contribution in [1.29, 1.82) is 0 Å². The lowest BCUT2D eigenvalue weighted by Crippen LogP contribution is -2.41. The largest absolute Gasteiger partial charge is 0.456 e. The van der Waals surface area contributed by atoms with Crippen LogP contribution in [-0.2, 0) is 6.42 Å². The van der Waals surface area contributed by atoms with Gasteiger partial charge < -0.3 is 19.1 Å². The van der Waals surface area contributed by atoms with Gasteiger partial charge in [0.15, 0.2) is 0 Å². The van der Waals surface area contributed by atoms with E-state index in [-0.39, 0.29) is 6.17 Å². The van der Waals surface area contributed by atoms with Crippen molar-refractivity contribution in [3.8, 4) is 0 Å². The van der Waals surface area contributed by atoms with Gasteiger partial charge in [-0.2, -0.15) is 0 Å². The maximum atomic E-state index is 6.55. The summed E-state index contributed by atoms with van der Waals surface area (Å²) in [7, 11) is 0.880. The lowest BCUT2D eigenvalue weighted by Gasteiger charge is -2.43. The number of anilines is 3. The highest BCUT2D eigenvalue weighted by molar-refractivity contribution is 6.82. The summed E-state index contributed by atoms with van der Waals surface area (Å²) in [6.07, 6.45) is 5.39. The van der Waals surface area contributed by atoms with Crippen molar-refractivity contribution in [2.24, 2.45) is 5.92 Å². The Morgan fingerprint density at radius 3 is 2.34 bits per heavy atom. The zero-order chi connectivity index (χ0) is 35.2. The Bertz CT molecular complexity index is 2180. The fourth-order valence-corrected chi connectivity index (χ4v) is 9.56. The molecule has 5 heteroatoms. The van der Waals surface area contributed by atoms with Crippen LogP contribution in [0.4, 0.5) is 17.1 Å². The number of hydrogen-bond donors (Lipinski definition) is 0. The van der Waals surface area contributed by atoms with E-state index in [1.54, 1.807) is 0 Å². The molecule has 4 heterocycles. The molecule has 258 valence electrons. The molecule has 4 aromatic carbocycles. The molecule has 8 rings (SSSR count). The molecule has 4 atom stereocenters. The van der Waals surface area contributed by atoms with E-state index < -0.39 is 8.07 Å². The number of hydrogen-bond acceptors (Lipinski definition) is 4. The van der Waals surface area contributed by atoms with Gasteiger partial charge in [0.05, 0.1) is 25.1 Å². The van der Waals surface area contributed by atoms with Crippen molar-refractivity contribution in [2.75, 3.05) is 16.8 Å². The molecule has 0 aliphatic carbocycles. The predicted molar refractivity (Wildman–Crippen MR) is 215 cm³/mol. The second kappa shape index (κ2) is 11.9. The van der Waals surface area contributed by atoms with Crippen LogP contribution < -0.4 is 9.80 Å². The van der Waals surface area contributed by atoms with E-state index in [4.69, 9.17) is 11.0 Å². The van der Waals surface area contributed by atoms with E-state index in [0.29, 0.717) is 23.8 Å². The molecule has 0 amide bonds. The van der Waals surface area contributed by atoms with Gasteiger partial charge in [-0.15, -0.1) is 0 Å². The van der Waals surface area contributed by atoms with Gasteiger partial charge in [-0.25, -0.2) is 0 Å². The average molecular weight is 680 g/mol. The maximum Gasteiger partial charge on any atom is 0.137 e. The molecule has 4 nitrogen and oxygen atoms in total. The molecule has 0 N–H and O–H groups in total. The zero-order valence-electron chi connectivity index (χ0n) is 31.5. The number of furan rings is 1. The van der Waals surface area contributed by atoms with Crippen molar-refractivity contribution in [3.63, 3.8) is 0 Å². The van der Waals surface area contributed by atoms with E-state index in [1.165, 1.54) is 66.5 Å². The predicted octanol–water partition coefficient (Wildman–Crippen LogP) is 12.4. The topological polar surface area (TPSA) is 22.9 Å². The number of aryl methyl sites for hydroxylation is 1. The molecule has 0 bridgehead atoms. The third kappa shape index (κ3) is 5.06. The molecule has 0 spiro atoms. The fourth-order valence-electron chi connectivity index (χ4n) is 8.96. The van der Waals surface area contributed by atoms with Gasteiger partial charge in [-0.3, -0.25) is 0 Å². The maximum absolute atomic E-state index is 6.55. The van der Waals surface area contributed by atoms with Gasteiger partial charge >= 0.3 is 0 Å². The zero-order valence-corrected chi connectivity index (χ0v) is 32.5. The van der Waals surface area contributed by atoms with Gasteiger partial charge in [0, 0.05) is 41.9 Å². The normalized spacial score (nSPS) is 22.1. The molecule has 5 aromatic rings. The van der Waals surface area contributed by atoms with Gasteiger partial charge in [0.2, 0.25) is 0 Å². The van der Waals surface area contributed by atoms with Crippen molar-refractivity contribution in [3.05, 3.63) is 124 Å². The first-order chi connectivity index (χ1) is 23.8. The summed E-state index contributed by atoms with van der Waals surface area (Å²) in [4.78, 5) is 7.87. The van der Waals surface area contributed by atoms with Crippen molar-refractivity contribution in [1.82, 2.24) is 4.90 Å². The van der Waals surface area contributed by atoms with Crippen LogP contribution in [0.2, 0.25) is 19.6 Å². The summed E-state index contributed by atoms with van der Waals surface area (Å²) < 4.78 is 6.55. The number of para-hydroxylation sites is 3. The third-order valence-electron chi connectivity index (χ3n) is 12.3. The lowest BCUT2D eigenvalue weighted by atomic mass is 9.82. The number of benzene rings is 4. The molecular formula is C45H53N3OSi. The minimum Gasteiger partial charge on any atom is -0.456 e. The summed E-state index contributed by atoms with van der Waals surface area (Å²) in [5.41, 5.74) is 14.1. The Kier molecular flexibility index (Phi) is 7.87. The van der Waals surface area contributed by atoms with E-state index in [1.807, 2.05) is 0 Å². The highest BCUT2D eigenvalue weighted by Gasteiger charge is 2.47. The Balaban J connectivity index is 1.40. The van der Waals surface area contributed by atoms with Crippen LogP contribution in [0.25, 0.3) is 21.9 Å². The Labute approximate surface area is 300 Å². The molecule has 3 aliphatic heterocycles. The standard InChI is InChI=1S/C45H53N3OSi/c1-27(2)33-16-13-17-34-31(6)35-18-14-19-39-44(35)48(43(33)34)45-37-25-38-36-15-11-12-20-41(36)49-42(38)24-32(37)22-21-28(3)40(23-29(4)47(39)45)46(7)26-30(5)50(8,9)10/h11-20,24-28,31,40,45H,4,21-23H2,1-3,5-10H3/b30-26+. The van der Waals surface area contributed by atoms with Crippen LogP contribution in [0.3, 0.4) is 0 Å². The first-order valence-corrected chi connectivity index (χ1v) is 22.2. The monoisotopic (exact) mass is 679 g/mol. The van der Waals surface area contributed by atoms with E-state index >= 15 is 0 Å². The molecule has 0 radical (unpaired) electrons. The summed E-state index contributed by atoms with van der Waals surface area (Å²) in [6.45, 7) is 24.2. The summed E-state index contributed by atoms with van der Waals surface area (Å²) in [6, 6.07) is 27.7. The minimum absolute atomic E-state index is 0.0588. The van der Waals surface area contributed by atoms with Gasteiger partial charge in [0.25, 0.3) is 0 Å². The van der Waals surface area contributed by atoms with Gasteiger partial charge in [-0.1, -0.05) is 108 Å². The molecular weight excluding hydrogens is 627 g/mol. The second-order valence-electron chi connectivity index (χ2n) is 16.7. The molecule has 0 saturated carbocycles. The van der Waals surface area contributed by atoms with Crippen molar-refractivity contribution < 1.29 is 4.42 Å². The molecule has 1 aromatic heterocycles. The van der Waals surface area contributed by atoms with Gasteiger partial charge in [-0.05, 0) is 89.9 Å². The quantitative estimate of drug-likeness (QED) is 0.176. The van der Waals surface area contributed by atoms with E-state index in [0.717, 1.165) is 30.4 Å². The number of allylic oxidation sites excluding steroid dienone is 1. The van der Waals surface area contributed by atoms with Crippen LogP contribution >= 0.6 is 0 Å². The molecule has 4 unspecified atom stereocenters. The molecule has 0 saturated heterocycles. The lowest BCUT2D eigenvalue weighted by molar-refractivity contribution is 0.231.